The van der Waals surface area contributed by atoms with Gasteiger partial charge in [-0.3, -0.25) is 5.32 Å². The molecule has 0 atom stereocenters. The zero-order valence-corrected chi connectivity index (χ0v) is 22.9. The number of carbonyl (C=O) groups is 2. The second-order valence-corrected chi connectivity index (χ2v) is 8.62. The van der Waals surface area contributed by atoms with Crippen molar-refractivity contribution in [2.75, 3.05) is 46.1 Å². The number of carbonyl (C=O) groups excluding carboxylic acids is 2. The molecule has 0 aliphatic rings. The number of nitrogens with two attached hydrogens (primary N) is 1. The summed E-state index contributed by atoms with van der Waals surface area (Å²) in [6, 6.07) is 8.58. The molecule has 10 nitrogen and oxygen atoms in total. The van der Waals surface area contributed by atoms with E-state index < -0.39 is 17.7 Å². The minimum atomic E-state index is -0.604. The van der Waals surface area contributed by atoms with Gasteiger partial charge in [-0.25, -0.2) is 9.59 Å². The summed E-state index contributed by atoms with van der Waals surface area (Å²) in [4.78, 5) is 23.6. The Morgan fingerprint density at radius 2 is 1.49 bits per heavy atom. The van der Waals surface area contributed by atoms with Crippen LogP contribution in [0.15, 0.2) is 42.5 Å². The Bertz CT molecular complexity index is 1050. The first-order valence-electron chi connectivity index (χ1n) is 11.5. The number of amides is 1. The van der Waals surface area contributed by atoms with Gasteiger partial charge in [-0.15, -0.1) is 0 Å². The number of anilines is 2. The molecule has 2 rings (SSSR count). The number of nitrogen functional groups attached to an aromatic ring is 1. The van der Waals surface area contributed by atoms with E-state index in [1.807, 2.05) is 0 Å². The standard InChI is InChI=1S/C18H25NO5.C9H13NO3/c1-7-23-16(20)12(2)10-13-8-9-15(22-6)14(11-13)19-17(21)24-18(3,4)5;1-11-7-4-6(10)5-8(12-2)9(7)13-3/h8-9,11H,2,7,10H2,1,3-6H3,(H,19,21);4-5H,10H2,1-3H3. The van der Waals surface area contributed by atoms with E-state index in [0.717, 1.165) is 5.56 Å². The van der Waals surface area contributed by atoms with Gasteiger partial charge in [0, 0.05) is 29.8 Å². The smallest absolute Gasteiger partial charge is 0.412 e. The molecule has 0 unspecified atom stereocenters. The van der Waals surface area contributed by atoms with Crippen LogP contribution in [-0.4, -0.2) is 52.7 Å². The number of nitrogens with one attached hydrogen (secondary N) is 1. The number of benzene rings is 2. The highest BCUT2D eigenvalue weighted by molar-refractivity contribution is 5.89. The Labute approximate surface area is 218 Å². The number of ether oxygens (including phenoxy) is 6. The molecule has 0 bridgehead atoms. The second-order valence-electron chi connectivity index (χ2n) is 8.62. The van der Waals surface area contributed by atoms with Crippen molar-refractivity contribution in [3.05, 3.63) is 48.0 Å². The largest absolute Gasteiger partial charge is 0.495 e. The van der Waals surface area contributed by atoms with Gasteiger partial charge in [0.1, 0.15) is 11.4 Å². The Hall–Kier alpha value is -4.08. The Kier molecular flexibility index (Phi) is 12.1. The molecule has 3 N–H and O–H groups in total. The first-order valence-corrected chi connectivity index (χ1v) is 11.5. The molecule has 37 heavy (non-hydrogen) atoms. The van der Waals surface area contributed by atoms with E-state index in [1.165, 1.54) is 7.11 Å². The van der Waals surface area contributed by atoms with Crippen molar-refractivity contribution in [3.63, 3.8) is 0 Å². The number of methoxy groups -OCH3 is 4. The Morgan fingerprint density at radius 3 is 1.95 bits per heavy atom. The van der Waals surface area contributed by atoms with E-state index in [-0.39, 0.29) is 0 Å². The maximum absolute atomic E-state index is 11.9. The number of hydrogen-bond acceptors (Lipinski definition) is 9. The third-order valence-corrected chi connectivity index (χ3v) is 4.57. The molecule has 0 saturated heterocycles. The average molecular weight is 519 g/mol. The van der Waals surface area contributed by atoms with Crippen LogP contribution in [0.4, 0.5) is 16.2 Å². The van der Waals surface area contributed by atoms with Crippen LogP contribution >= 0.6 is 0 Å². The predicted octanol–water partition coefficient (Wildman–Crippen LogP) is 5.00. The first kappa shape index (κ1) is 31.0. The highest BCUT2D eigenvalue weighted by Gasteiger charge is 2.18. The van der Waals surface area contributed by atoms with E-state index in [9.17, 15) is 9.59 Å². The van der Waals surface area contributed by atoms with Gasteiger partial charge in [-0.1, -0.05) is 12.6 Å². The molecular formula is C27H38N2O8. The molecule has 0 aromatic heterocycles. The van der Waals surface area contributed by atoms with Crippen LogP contribution in [0.1, 0.15) is 33.3 Å². The molecule has 0 aliphatic carbocycles. The number of hydrogen-bond donors (Lipinski definition) is 2. The van der Waals surface area contributed by atoms with Gasteiger partial charge in [-0.2, -0.15) is 0 Å². The van der Waals surface area contributed by atoms with Crippen molar-refractivity contribution in [3.8, 4) is 23.0 Å². The maximum atomic E-state index is 11.9. The summed E-state index contributed by atoms with van der Waals surface area (Å²) in [5.41, 5.74) is 7.18. The summed E-state index contributed by atoms with van der Waals surface area (Å²) in [6.45, 7) is 11.1. The second kappa shape index (κ2) is 14.5. The minimum Gasteiger partial charge on any atom is -0.495 e. The van der Waals surface area contributed by atoms with Crippen LogP contribution < -0.4 is 30.0 Å². The van der Waals surface area contributed by atoms with Crippen molar-refractivity contribution in [2.24, 2.45) is 0 Å². The van der Waals surface area contributed by atoms with Crippen LogP contribution in [0, 0.1) is 0 Å². The summed E-state index contributed by atoms with van der Waals surface area (Å²) in [7, 11) is 6.16. The van der Waals surface area contributed by atoms with E-state index in [1.54, 1.807) is 79.4 Å². The molecular weight excluding hydrogens is 480 g/mol. The SMILES string of the molecule is C=C(Cc1ccc(OC)c(NC(=O)OC(C)(C)C)c1)C(=O)OCC.COc1cc(N)cc(OC)c1OC. The lowest BCUT2D eigenvalue weighted by Crippen LogP contribution is -2.27. The molecule has 10 heteroatoms. The van der Waals surface area contributed by atoms with Gasteiger partial charge in [0.25, 0.3) is 0 Å². The Balaban J connectivity index is 0.000000442. The Morgan fingerprint density at radius 1 is 0.919 bits per heavy atom. The fourth-order valence-corrected chi connectivity index (χ4v) is 3.03. The van der Waals surface area contributed by atoms with Crippen LogP contribution in [0.25, 0.3) is 0 Å². The van der Waals surface area contributed by atoms with E-state index in [2.05, 4.69) is 11.9 Å². The summed E-state index contributed by atoms with van der Waals surface area (Å²) >= 11 is 0. The van der Waals surface area contributed by atoms with Crippen molar-refractivity contribution in [1.29, 1.82) is 0 Å². The molecule has 0 spiro atoms. The van der Waals surface area contributed by atoms with Gasteiger partial charge in [-0.05, 0) is 45.4 Å². The number of rotatable bonds is 9. The summed E-state index contributed by atoms with van der Waals surface area (Å²) < 4.78 is 30.6. The zero-order chi connectivity index (χ0) is 28.2. The van der Waals surface area contributed by atoms with Crippen LogP contribution in [0.5, 0.6) is 23.0 Å². The lowest BCUT2D eigenvalue weighted by molar-refractivity contribution is -0.138. The van der Waals surface area contributed by atoms with Crippen LogP contribution in [0.3, 0.4) is 0 Å². The fourth-order valence-electron chi connectivity index (χ4n) is 3.03. The van der Waals surface area contributed by atoms with E-state index >= 15 is 0 Å². The summed E-state index contributed by atoms with van der Waals surface area (Å²) in [5, 5.41) is 2.65. The van der Waals surface area contributed by atoms with Gasteiger partial charge >= 0.3 is 12.1 Å². The third kappa shape index (κ3) is 10.2. The molecule has 2 aromatic rings. The zero-order valence-electron chi connectivity index (χ0n) is 22.9. The van der Waals surface area contributed by atoms with Crippen molar-refractivity contribution in [2.45, 2.75) is 39.7 Å². The molecule has 0 fully saturated rings. The molecule has 0 radical (unpaired) electrons. The molecule has 2 aromatic carbocycles. The van der Waals surface area contributed by atoms with Crippen LogP contribution in [0.2, 0.25) is 0 Å². The summed E-state index contributed by atoms with van der Waals surface area (Å²) in [5.74, 6) is 1.75. The van der Waals surface area contributed by atoms with Gasteiger partial charge < -0.3 is 34.2 Å². The monoisotopic (exact) mass is 518 g/mol. The number of esters is 1. The lowest BCUT2D eigenvalue weighted by Gasteiger charge is -2.20. The normalized spacial score (nSPS) is 10.3. The average Bonchev–Trinajstić information content (AvgIpc) is 2.82. The molecule has 0 aliphatic heterocycles. The van der Waals surface area contributed by atoms with E-state index in [4.69, 9.17) is 34.2 Å². The predicted molar refractivity (Wildman–Crippen MR) is 143 cm³/mol. The van der Waals surface area contributed by atoms with Crippen molar-refractivity contribution >= 4 is 23.4 Å². The highest BCUT2D eigenvalue weighted by Crippen LogP contribution is 2.38. The molecule has 204 valence electrons. The first-order chi connectivity index (χ1) is 17.4. The van der Waals surface area contributed by atoms with E-state index in [0.29, 0.717) is 53.0 Å². The highest BCUT2D eigenvalue weighted by atomic mass is 16.6. The third-order valence-electron chi connectivity index (χ3n) is 4.57. The lowest BCUT2D eigenvalue weighted by atomic mass is 10.1. The van der Waals surface area contributed by atoms with Gasteiger partial charge in [0.05, 0.1) is 40.7 Å². The molecule has 0 heterocycles. The van der Waals surface area contributed by atoms with Crippen LogP contribution in [-0.2, 0) is 20.7 Å². The van der Waals surface area contributed by atoms with Crippen molar-refractivity contribution in [1.82, 2.24) is 0 Å². The van der Waals surface area contributed by atoms with Gasteiger partial charge in [0.15, 0.2) is 11.5 Å². The minimum absolute atomic E-state index is 0.298. The maximum Gasteiger partial charge on any atom is 0.412 e. The summed E-state index contributed by atoms with van der Waals surface area (Å²) in [6.07, 6.45) is -0.270. The quantitative estimate of drug-likeness (QED) is 0.268. The molecule has 0 saturated carbocycles. The van der Waals surface area contributed by atoms with Crippen molar-refractivity contribution < 1.29 is 38.0 Å². The van der Waals surface area contributed by atoms with Gasteiger partial charge in [0.2, 0.25) is 5.75 Å². The fraction of sp³-hybridized carbons (Fsp3) is 0.407. The topological polar surface area (TPSA) is 128 Å². The molecule has 1 amide bonds.